The minimum atomic E-state index is -3.79. The Morgan fingerprint density at radius 1 is 0.945 bits per heavy atom. The summed E-state index contributed by atoms with van der Waals surface area (Å²) in [5.74, 6) is -2.35. The fraction of sp³-hybridized carbons (Fsp3) is 0.459. The summed E-state index contributed by atoms with van der Waals surface area (Å²) in [5.41, 5.74) is -0.581. The van der Waals surface area contributed by atoms with Crippen molar-refractivity contribution in [1.29, 1.82) is 0 Å². The first-order valence-corrected chi connectivity index (χ1v) is 19.9. The van der Waals surface area contributed by atoms with Gasteiger partial charge in [-0.25, -0.2) is 22.8 Å². The maximum Gasteiger partial charge on any atom is 0.514 e. The van der Waals surface area contributed by atoms with Crippen LogP contribution in [0.15, 0.2) is 48.8 Å². The molecule has 2 fully saturated rings. The number of anilines is 1. The Bertz CT molecular complexity index is 1980. The maximum atomic E-state index is 13.6. The molecular weight excluding hydrogens is 789 g/mol. The molecule has 1 atom stereocenters. The number of sulfonamides is 1. The number of carbonyl (C=O) groups is 3. The number of esters is 2. The molecule has 0 radical (unpaired) electrons. The lowest BCUT2D eigenvalue weighted by Crippen LogP contribution is -2.32. The Hall–Kier alpha value is -4.41. The van der Waals surface area contributed by atoms with Crippen LogP contribution in [-0.4, -0.2) is 69.7 Å². The molecule has 2 aromatic carbocycles. The van der Waals surface area contributed by atoms with E-state index in [2.05, 4.69) is 9.72 Å². The standard InChI is InChI=1S/C37H40Cl2F2N2O11S/c1-37(2,3)54-36(46)53-29-12-10-24(43(55(4,47)48)18-21-5-6-21)14-26(29)34(45)50-20-33(44)51-31(15-25-27(38)16-42-17-28(25)39)23-9-11-30(52-35(40)41)32(13-23)49-19-22-7-8-22/h9-14,16-17,21-22,31,35H,5-8,15,18-20H2,1-4H3/t31-/m0/s1. The third-order valence-corrected chi connectivity index (χ3v) is 10.1. The van der Waals surface area contributed by atoms with Crippen molar-refractivity contribution in [3.8, 4) is 17.2 Å². The number of hydrogen-bond acceptors (Lipinski definition) is 12. The molecule has 3 aromatic rings. The lowest BCUT2D eigenvalue weighted by molar-refractivity contribution is -0.153. The molecule has 0 unspecified atom stereocenters. The quantitative estimate of drug-likeness (QED) is 0.0736. The van der Waals surface area contributed by atoms with Gasteiger partial charge in [0.05, 0.1) is 28.6 Å². The van der Waals surface area contributed by atoms with Gasteiger partial charge in [0.1, 0.15) is 23.0 Å². The molecule has 0 saturated heterocycles. The molecule has 0 spiro atoms. The van der Waals surface area contributed by atoms with Gasteiger partial charge in [-0.2, -0.15) is 8.78 Å². The number of hydrogen-bond donors (Lipinski definition) is 0. The third-order valence-electron chi connectivity index (χ3n) is 8.24. The molecule has 2 saturated carbocycles. The second-order valence-corrected chi connectivity index (χ2v) is 16.9. The zero-order valence-corrected chi connectivity index (χ0v) is 32.7. The molecule has 55 heavy (non-hydrogen) atoms. The molecule has 2 aliphatic carbocycles. The first-order valence-electron chi connectivity index (χ1n) is 17.2. The Morgan fingerprint density at radius 3 is 2.20 bits per heavy atom. The van der Waals surface area contributed by atoms with Crippen LogP contribution in [0.2, 0.25) is 10.0 Å². The second kappa shape index (κ2) is 17.6. The van der Waals surface area contributed by atoms with E-state index < -0.39 is 53.0 Å². The van der Waals surface area contributed by atoms with Crippen LogP contribution >= 0.6 is 23.2 Å². The molecule has 13 nitrogen and oxygen atoms in total. The van der Waals surface area contributed by atoms with Crippen LogP contribution in [0, 0.1) is 11.8 Å². The van der Waals surface area contributed by atoms with Crippen molar-refractivity contribution in [3.63, 3.8) is 0 Å². The fourth-order valence-electron chi connectivity index (χ4n) is 5.21. The van der Waals surface area contributed by atoms with E-state index in [-0.39, 0.29) is 75.5 Å². The molecular formula is C37H40Cl2F2N2O11S. The highest BCUT2D eigenvalue weighted by atomic mass is 35.5. The summed E-state index contributed by atoms with van der Waals surface area (Å²) < 4.78 is 85.1. The fourth-order valence-corrected chi connectivity index (χ4v) is 6.71. The zero-order valence-electron chi connectivity index (χ0n) is 30.4. The van der Waals surface area contributed by atoms with Crippen molar-refractivity contribution in [1.82, 2.24) is 4.98 Å². The highest BCUT2D eigenvalue weighted by molar-refractivity contribution is 7.92. The monoisotopic (exact) mass is 828 g/mol. The Morgan fingerprint density at radius 2 is 1.60 bits per heavy atom. The molecule has 0 bridgehead atoms. The van der Waals surface area contributed by atoms with Crippen LogP contribution in [0.4, 0.5) is 19.3 Å². The van der Waals surface area contributed by atoms with E-state index in [0.29, 0.717) is 5.56 Å². The molecule has 0 amide bonds. The number of aromatic nitrogens is 1. The van der Waals surface area contributed by atoms with Crippen molar-refractivity contribution in [2.75, 3.05) is 30.3 Å². The normalized spacial score (nSPS) is 14.9. The number of benzene rings is 2. The molecule has 0 N–H and O–H groups in total. The van der Waals surface area contributed by atoms with E-state index in [1.165, 1.54) is 48.8 Å². The van der Waals surface area contributed by atoms with Gasteiger partial charge in [-0.15, -0.1) is 0 Å². The summed E-state index contributed by atoms with van der Waals surface area (Å²) in [6, 6.07) is 7.82. The van der Waals surface area contributed by atoms with Crippen molar-refractivity contribution in [2.45, 2.75) is 71.2 Å². The number of nitrogens with zero attached hydrogens (tertiary/aromatic N) is 2. The van der Waals surface area contributed by atoms with Gasteiger partial charge >= 0.3 is 24.7 Å². The minimum absolute atomic E-state index is 0.00804. The predicted octanol–water partition coefficient (Wildman–Crippen LogP) is 7.95. The summed E-state index contributed by atoms with van der Waals surface area (Å²) in [6.07, 6.45) is 4.81. The average Bonchev–Trinajstić information content (AvgIpc) is 4.02. The van der Waals surface area contributed by atoms with Crippen LogP contribution in [0.3, 0.4) is 0 Å². The van der Waals surface area contributed by atoms with E-state index >= 15 is 0 Å². The molecule has 298 valence electrons. The van der Waals surface area contributed by atoms with E-state index in [0.717, 1.165) is 36.2 Å². The SMILES string of the molecule is CC(C)(C)OC(=O)Oc1ccc(N(CC2CC2)S(C)(=O)=O)cc1C(=O)OCC(=O)O[C@@H](Cc1c(Cl)cncc1Cl)c1ccc(OC(F)F)c(OCC2CC2)c1. The smallest absolute Gasteiger partial charge is 0.489 e. The minimum Gasteiger partial charge on any atom is -0.489 e. The lowest BCUT2D eigenvalue weighted by Gasteiger charge is -2.24. The van der Waals surface area contributed by atoms with Crippen molar-refractivity contribution < 1.29 is 60.0 Å². The Balaban J connectivity index is 1.40. The highest BCUT2D eigenvalue weighted by Crippen LogP contribution is 2.38. The van der Waals surface area contributed by atoms with E-state index in [1.807, 2.05) is 0 Å². The topological polar surface area (TPSA) is 157 Å². The highest BCUT2D eigenvalue weighted by Gasteiger charge is 2.31. The third kappa shape index (κ3) is 12.6. The number of alkyl halides is 2. The average molecular weight is 830 g/mol. The lowest BCUT2D eigenvalue weighted by atomic mass is 10.0. The summed E-state index contributed by atoms with van der Waals surface area (Å²) >= 11 is 12.8. The van der Waals surface area contributed by atoms with Crippen molar-refractivity contribution >= 4 is 57.0 Å². The second-order valence-electron chi connectivity index (χ2n) is 14.2. The number of pyridine rings is 1. The van der Waals surface area contributed by atoms with Crippen molar-refractivity contribution in [3.05, 3.63) is 75.5 Å². The van der Waals surface area contributed by atoms with Crippen LogP contribution in [-0.2, 0) is 35.4 Å². The van der Waals surface area contributed by atoms with E-state index in [4.69, 9.17) is 46.9 Å². The zero-order chi connectivity index (χ0) is 40.1. The number of halogens is 4. The van der Waals surface area contributed by atoms with Gasteiger partial charge in [-0.3, -0.25) is 9.29 Å². The first kappa shape index (κ1) is 41.7. The largest absolute Gasteiger partial charge is 0.514 e. The van der Waals surface area contributed by atoms with Crippen LogP contribution in [0.25, 0.3) is 0 Å². The van der Waals surface area contributed by atoms with Gasteiger partial charge in [0.15, 0.2) is 18.1 Å². The Labute approximate surface area is 327 Å². The molecule has 0 aliphatic heterocycles. The van der Waals surface area contributed by atoms with Crippen LogP contribution < -0.4 is 18.5 Å². The Kier molecular flexibility index (Phi) is 13.3. The predicted molar refractivity (Wildman–Crippen MR) is 197 cm³/mol. The molecule has 1 aromatic heterocycles. The summed E-state index contributed by atoms with van der Waals surface area (Å²) in [6.45, 7) is 1.16. The maximum absolute atomic E-state index is 13.6. The summed E-state index contributed by atoms with van der Waals surface area (Å²) in [7, 11) is -3.79. The van der Waals surface area contributed by atoms with Crippen LogP contribution in [0.5, 0.6) is 17.2 Å². The number of rotatable bonds is 17. The van der Waals surface area contributed by atoms with Crippen molar-refractivity contribution in [2.24, 2.45) is 11.8 Å². The molecule has 1 heterocycles. The molecule has 5 rings (SSSR count). The van der Waals surface area contributed by atoms with Gasteiger partial charge in [0.2, 0.25) is 10.0 Å². The van der Waals surface area contributed by atoms with Gasteiger partial charge in [-0.1, -0.05) is 29.3 Å². The first-order chi connectivity index (χ1) is 25.9. The van der Waals surface area contributed by atoms with E-state index in [9.17, 15) is 31.6 Å². The summed E-state index contributed by atoms with van der Waals surface area (Å²) in [5, 5.41) is 0.315. The number of carbonyl (C=O) groups excluding carboxylic acids is 3. The van der Waals surface area contributed by atoms with Crippen LogP contribution in [0.1, 0.15) is 74.0 Å². The van der Waals surface area contributed by atoms with Gasteiger partial charge in [0, 0.05) is 25.4 Å². The number of ether oxygens (including phenoxy) is 6. The molecule has 2 aliphatic rings. The van der Waals surface area contributed by atoms with Gasteiger partial charge < -0.3 is 28.4 Å². The van der Waals surface area contributed by atoms with E-state index in [1.54, 1.807) is 20.8 Å². The summed E-state index contributed by atoms with van der Waals surface area (Å²) in [4.78, 5) is 43.5. The molecule has 18 heteroatoms. The van der Waals surface area contributed by atoms with Gasteiger partial charge in [-0.05, 0) is 99.7 Å². The van der Waals surface area contributed by atoms with Gasteiger partial charge in [0.25, 0.3) is 0 Å².